The summed E-state index contributed by atoms with van der Waals surface area (Å²) in [5, 5.41) is 18.3. The molecule has 0 aliphatic heterocycles. The van der Waals surface area contributed by atoms with Crippen LogP contribution in [0.3, 0.4) is 0 Å². The molecule has 0 radical (unpaired) electrons. The van der Waals surface area contributed by atoms with E-state index in [9.17, 15) is 9.90 Å². The summed E-state index contributed by atoms with van der Waals surface area (Å²) in [6.07, 6.45) is 6.10. The zero-order chi connectivity index (χ0) is 13.3. The summed E-state index contributed by atoms with van der Waals surface area (Å²) in [6, 6.07) is 0. The van der Waals surface area contributed by atoms with Crippen molar-refractivity contribution in [1.82, 2.24) is 0 Å². The largest absolute Gasteiger partial charge is 0.478 e. The second kappa shape index (κ2) is 5.27. The average molecular weight is 250 g/mol. The summed E-state index contributed by atoms with van der Waals surface area (Å²) < 4.78 is 0. The summed E-state index contributed by atoms with van der Waals surface area (Å²) in [5.74, 6) is 0.720. The maximum Gasteiger partial charge on any atom is 0.330 e. The van der Waals surface area contributed by atoms with Gasteiger partial charge in [0.2, 0.25) is 0 Å². The molecule has 2 rings (SSSR count). The van der Waals surface area contributed by atoms with E-state index in [1.54, 1.807) is 6.92 Å². The maximum atomic E-state index is 10.9. The minimum absolute atomic E-state index is 0.174. The van der Waals surface area contributed by atoms with Crippen LogP contribution in [0, 0.1) is 17.8 Å². The van der Waals surface area contributed by atoms with Crippen LogP contribution in [-0.4, -0.2) is 22.8 Å². The molecule has 2 aliphatic carbocycles. The van der Waals surface area contributed by atoms with Crippen LogP contribution < -0.4 is 0 Å². The van der Waals surface area contributed by atoms with Gasteiger partial charge in [-0.1, -0.05) is 18.6 Å². The number of aliphatic hydroxyl groups excluding tert-OH is 1. The van der Waals surface area contributed by atoms with E-state index >= 15 is 0 Å². The standard InChI is InChI=1S/C15H22O3/c1-9-5-11(6-10(2)15(17)18)7-14-12(8-16)3-4-13(9)14/h6,9,11,13,16H,3-5,7-8H2,1-2H3,(H,17,18). The Kier molecular flexibility index (Phi) is 3.91. The highest BCUT2D eigenvalue weighted by Gasteiger charge is 2.35. The van der Waals surface area contributed by atoms with Crippen LogP contribution >= 0.6 is 0 Å². The third-order valence-corrected chi connectivity index (χ3v) is 4.52. The molecular weight excluding hydrogens is 228 g/mol. The van der Waals surface area contributed by atoms with E-state index in [0.717, 1.165) is 19.3 Å². The molecule has 0 aromatic carbocycles. The van der Waals surface area contributed by atoms with Gasteiger partial charge in [-0.15, -0.1) is 0 Å². The Labute approximate surface area is 108 Å². The lowest BCUT2D eigenvalue weighted by atomic mass is 9.72. The number of hydrogen-bond donors (Lipinski definition) is 2. The first-order chi connectivity index (χ1) is 8.52. The summed E-state index contributed by atoms with van der Waals surface area (Å²) in [7, 11) is 0. The van der Waals surface area contributed by atoms with Crippen LogP contribution in [0.2, 0.25) is 0 Å². The van der Waals surface area contributed by atoms with Crippen molar-refractivity contribution < 1.29 is 15.0 Å². The van der Waals surface area contributed by atoms with Crippen molar-refractivity contribution in [2.24, 2.45) is 17.8 Å². The number of carbonyl (C=O) groups is 1. The van der Waals surface area contributed by atoms with Gasteiger partial charge in [0.1, 0.15) is 0 Å². The first-order valence-electron chi connectivity index (χ1n) is 6.76. The zero-order valence-electron chi connectivity index (χ0n) is 11.1. The number of fused-ring (bicyclic) bond motifs is 1. The first-order valence-corrected chi connectivity index (χ1v) is 6.76. The van der Waals surface area contributed by atoms with Crippen LogP contribution in [0.25, 0.3) is 0 Å². The fourth-order valence-corrected chi connectivity index (χ4v) is 3.59. The highest BCUT2D eigenvalue weighted by atomic mass is 16.4. The van der Waals surface area contributed by atoms with E-state index in [1.807, 2.05) is 6.08 Å². The molecule has 0 heterocycles. The molecule has 0 aromatic heterocycles. The number of rotatable bonds is 3. The molecule has 18 heavy (non-hydrogen) atoms. The van der Waals surface area contributed by atoms with E-state index in [1.165, 1.54) is 17.6 Å². The van der Waals surface area contributed by atoms with Gasteiger partial charge in [0.05, 0.1) is 6.61 Å². The first kappa shape index (κ1) is 13.3. The lowest BCUT2D eigenvalue weighted by Gasteiger charge is -2.33. The van der Waals surface area contributed by atoms with Crippen molar-refractivity contribution in [2.45, 2.75) is 39.5 Å². The Balaban J connectivity index is 2.18. The average Bonchev–Trinajstić information content (AvgIpc) is 2.72. The monoisotopic (exact) mass is 250 g/mol. The minimum Gasteiger partial charge on any atom is -0.478 e. The van der Waals surface area contributed by atoms with E-state index in [0.29, 0.717) is 23.3 Å². The van der Waals surface area contributed by atoms with Gasteiger partial charge in [0.25, 0.3) is 0 Å². The topological polar surface area (TPSA) is 57.5 Å². The summed E-state index contributed by atoms with van der Waals surface area (Å²) >= 11 is 0. The highest BCUT2D eigenvalue weighted by molar-refractivity contribution is 5.85. The van der Waals surface area contributed by atoms with Crippen molar-refractivity contribution in [1.29, 1.82) is 0 Å². The fourth-order valence-electron chi connectivity index (χ4n) is 3.59. The SMILES string of the molecule is CC(=CC1CC2=C(CO)CCC2C(C)C1)C(=O)O. The van der Waals surface area contributed by atoms with Gasteiger partial charge in [-0.25, -0.2) is 4.79 Å². The molecule has 0 spiro atoms. The van der Waals surface area contributed by atoms with Gasteiger partial charge < -0.3 is 10.2 Å². The van der Waals surface area contributed by atoms with Gasteiger partial charge >= 0.3 is 5.97 Å². The number of allylic oxidation sites excluding steroid dienone is 2. The Morgan fingerprint density at radius 2 is 2.22 bits per heavy atom. The molecule has 2 aliphatic rings. The molecule has 3 heteroatoms. The van der Waals surface area contributed by atoms with Crippen LogP contribution in [0.1, 0.15) is 39.5 Å². The van der Waals surface area contributed by atoms with Gasteiger partial charge in [-0.05, 0) is 55.9 Å². The fraction of sp³-hybridized carbons (Fsp3) is 0.667. The van der Waals surface area contributed by atoms with Crippen LogP contribution in [0.15, 0.2) is 22.8 Å². The zero-order valence-corrected chi connectivity index (χ0v) is 11.1. The molecule has 1 saturated carbocycles. The number of carboxylic acids is 1. The number of carboxylic acid groups (broad SMARTS) is 1. The maximum absolute atomic E-state index is 10.9. The molecule has 100 valence electrons. The second-order valence-electron chi connectivity index (χ2n) is 5.76. The predicted molar refractivity (Wildman–Crippen MR) is 70.1 cm³/mol. The van der Waals surface area contributed by atoms with E-state index in [4.69, 9.17) is 5.11 Å². The van der Waals surface area contributed by atoms with E-state index < -0.39 is 5.97 Å². The van der Waals surface area contributed by atoms with Crippen LogP contribution in [0.4, 0.5) is 0 Å². The Morgan fingerprint density at radius 3 is 2.83 bits per heavy atom. The Bertz CT molecular complexity index is 406. The molecule has 3 nitrogen and oxygen atoms in total. The predicted octanol–water partition coefficient (Wildman–Crippen LogP) is 2.76. The van der Waals surface area contributed by atoms with Gasteiger partial charge in [-0.3, -0.25) is 0 Å². The second-order valence-corrected chi connectivity index (χ2v) is 5.76. The van der Waals surface area contributed by atoms with Gasteiger partial charge in [0.15, 0.2) is 0 Å². The summed E-state index contributed by atoms with van der Waals surface area (Å²) in [5.41, 5.74) is 3.06. The molecule has 0 amide bonds. The molecule has 3 unspecified atom stereocenters. The van der Waals surface area contributed by atoms with Crippen molar-refractivity contribution in [3.8, 4) is 0 Å². The van der Waals surface area contributed by atoms with Crippen LogP contribution in [-0.2, 0) is 4.79 Å². The molecular formula is C15H22O3. The molecule has 0 bridgehead atoms. The third kappa shape index (κ3) is 2.51. The van der Waals surface area contributed by atoms with Crippen LogP contribution in [0.5, 0.6) is 0 Å². The summed E-state index contributed by atoms with van der Waals surface area (Å²) in [6.45, 7) is 4.09. The summed E-state index contributed by atoms with van der Waals surface area (Å²) in [4.78, 5) is 10.9. The lowest BCUT2D eigenvalue weighted by Crippen LogP contribution is -2.23. The van der Waals surface area contributed by atoms with E-state index in [-0.39, 0.29) is 6.61 Å². The van der Waals surface area contributed by atoms with Crippen molar-refractivity contribution >= 4 is 5.97 Å². The third-order valence-electron chi connectivity index (χ3n) is 4.52. The lowest BCUT2D eigenvalue weighted by molar-refractivity contribution is -0.132. The Hall–Kier alpha value is -1.09. The minimum atomic E-state index is -0.826. The molecule has 2 N–H and O–H groups in total. The molecule has 3 atom stereocenters. The molecule has 1 fully saturated rings. The van der Waals surface area contributed by atoms with Crippen molar-refractivity contribution in [2.75, 3.05) is 6.61 Å². The number of aliphatic carboxylic acids is 1. The number of aliphatic hydroxyl groups is 1. The van der Waals surface area contributed by atoms with Gasteiger partial charge in [-0.2, -0.15) is 0 Å². The highest BCUT2D eigenvalue weighted by Crippen LogP contribution is 2.47. The van der Waals surface area contributed by atoms with Crippen molar-refractivity contribution in [3.63, 3.8) is 0 Å². The van der Waals surface area contributed by atoms with Gasteiger partial charge in [0, 0.05) is 5.57 Å². The molecule has 0 aromatic rings. The quantitative estimate of drug-likeness (QED) is 0.598. The number of hydrogen-bond acceptors (Lipinski definition) is 2. The Morgan fingerprint density at radius 1 is 1.50 bits per heavy atom. The molecule has 0 saturated heterocycles. The van der Waals surface area contributed by atoms with E-state index in [2.05, 4.69) is 6.92 Å². The smallest absolute Gasteiger partial charge is 0.330 e. The normalized spacial score (nSPS) is 32.6. The van der Waals surface area contributed by atoms with Crippen molar-refractivity contribution in [3.05, 3.63) is 22.8 Å².